The molecule has 0 aromatic heterocycles. The molecule has 1 saturated carbocycles. The van der Waals surface area contributed by atoms with E-state index in [2.05, 4.69) is 6.92 Å². The standard InChI is InChI=1S/C29H57/c1-2-3-4-5-6-7-8-9-10-11-12-13-14-15-16-17-18-19-20-21-23-26-29-27-24-22-25-28-29/h29H,1-28H2. The molecule has 0 unspecified atom stereocenters. The molecular formula is C29H57. The molecule has 0 amide bonds. The average molecular weight is 406 g/mol. The van der Waals surface area contributed by atoms with Crippen LogP contribution in [0.15, 0.2) is 0 Å². The summed E-state index contributed by atoms with van der Waals surface area (Å²) in [4.78, 5) is 0. The molecule has 173 valence electrons. The van der Waals surface area contributed by atoms with E-state index in [9.17, 15) is 0 Å². The Hall–Kier alpha value is 0. The minimum atomic E-state index is 1.10. The van der Waals surface area contributed by atoms with E-state index in [1.807, 2.05) is 0 Å². The maximum atomic E-state index is 3.92. The summed E-state index contributed by atoms with van der Waals surface area (Å²) >= 11 is 0. The van der Waals surface area contributed by atoms with Crippen LogP contribution in [0, 0.1) is 12.8 Å². The lowest BCUT2D eigenvalue weighted by Gasteiger charge is -2.21. The Morgan fingerprint density at radius 3 is 1.03 bits per heavy atom. The first-order valence-corrected chi connectivity index (χ1v) is 14.2. The van der Waals surface area contributed by atoms with Crippen molar-refractivity contribution >= 4 is 0 Å². The Morgan fingerprint density at radius 1 is 0.379 bits per heavy atom. The van der Waals surface area contributed by atoms with Crippen molar-refractivity contribution in [2.75, 3.05) is 0 Å². The fourth-order valence-electron chi connectivity index (χ4n) is 5.27. The smallest absolute Gasteiger partial charge is 0.0414 e. The van der Waals surface area contributed by atoms with Crippen molar-refractivity contribution in [3.63, 3.8) is 0 Å². The van der Waals surface area contributed by atoms with Gasteiger partial charge in [-0.05, 0) is 5.92 Å². The first kappa shape index (κ1) is 27.0. The summed E-state index contributed by atoms with van der Waals surface area (Å²) in [5, 5.41) is 0. The number of unbranched alkanes of at least 4 members (excludes halogenated alkanes) is 20. The van der Waals surface area contributed by atoms with E-state index in [1.165, 1.54) is 167 Å². The van der Waals surface area contributed by atoms with Crippen molar-refractivity contribution in [1.82, 2.24) is 0 Å². The lowest BCUT2D eigenvalue weighted by Crippen LogP contribution is -2.05. The van der Waals surface area contributed by atoms with Gasteiger partial charge in [0.05, 0.1) is 0 Å². The van der Waals surface area contributed by atoms with Gasteiger partial charge in [-0.3, -0.25) is 0 Å². The number of hydrogen-bond donors (Lipinski definition) is 0. The van der Waals surface area contributed by atoms with Crippen LogP contribution in [0.2, 0.25) is 0 Å². The summed E-state index contributed by atoms with van der Waals surface area (Å²) in [7, 11) is 0. The van der Waals surface area contributed by atoms with E-state index in [1.54, 1.807) is 0 Å². The van der Waals surface area contributed by atoms with Crippen LogP contribution in [0.3, 0.4) is 0 Å². The summed E-state index contributed by atoms with van der Waals surface area (Å²) < 4.78 is 0. The van der Waals surface area contributed by atoms with Gasteiger partial charge >= 0.3 is 0 Å². The fraction of sp³-hybridized carbons (Fsp3) is 0.966. The first-order valence-electron chi connectivity index (χ1n) is 14.2. The highest BCUT2D eigenvalue weighted by molar-refractivity contribution is 4.65. The van der Waals surface area contributed by atoms with Crippen molar-refractivity contribution in [2.24, 2.45) is 5.92 Å². The monoisotopic (exact) mass is 405 g/mol. The van der Waals surface area contributed by atoms with Crippen LogP contribution in [-0.4, -0.2) is 0 Å². The summed E-state index contributed by atoms with van der Waals surface area (Å²) in [6, 6.07) is 0. The zero-order valence-corrected chi connectivity index (χ0v) is 20.4. The van der Waals surface area contributed by atoms with Crippen molar-refractivity contribution in [2.45, 2.75) is 173 Å². The van der Waals surface area contributed by atoms with Gasteiger partial charge in [-0.15, -0.1) is 0 Å². The average Bonchev–Trinajstić information content (AvgIpc) is 2.75. The van der Waals surface area contributed by atoms with Gasteiger partial charge in [0.25, 0.3) is 0 Å². The van der Waals surface area contributed by atoms with Gasteiger partial charge in [0.15, 0.2) is 0 Å². The SMILES string of the molecule is [CH2]CCCCCCCCCCCCCCCCCCCCCCC1CCCCC1. The normalized spacial score (nSPS) is 15.2. The minimum Gasteiger partial charge on any atom is -0.0533 e. The molecule has 0 aliphatic heterocycles. The minimum absolute atomic E-state index is 1.10. The third-order valence-electron chi connectivity index (χ3n) is 7.34. The van der Waals surface area contributed by atoms with E-state index >= 15 is 0 Å². The zero-order valence-electron chi connectivity index (χ0n) is 20.4. The van der Waals surface area contributed by atoms with Crippen LogP contribution in [-0.2, 0) is 0 Å². The molecule has 1 fully saturated rings. The fourth-order valence-corrected chi connectivity index (χ4v) is 5.27. The van der Waals surface area contributed by atoms with Crippen molar-refractivity contribution in [3.05, 3.63) is 6.92 Å². The molecule has 1 aliphatic rings. The first-order chi connectivity index (χ1) is 14.4. The van der Waals surface area contributed by atoms with Gasteiger partial charge in [-0.1, -0.05) is 180 Å². The second-order valence-corrected chi connectivity index (χ2v) is 10.2. The van der Waals surface area contributed by atoms with Gasteiger partial charge in [0, 0.05) is 0 Å². The highest BCUT2D eigenvalue weighted by Gasteiger charge is 2.12. The molecular weight excluding hydrogens is 348 g/mol. The van der Waals surface area contributed by atoms with E-state index in [4.69, 9.17) is 0 Å². The molecule has 1 radical (unpaired) electrons. The highest BCUT2D eigenvalue weighted by Crippen LogP contribution is 2.28. The summed E-state index contributed by atoms with van der Waals surface area (Å²) in [5.41, 5.74) is 0. The van der Waals surface area contributed by atoms with Crippen LogP contribution < -0.4 is 0 Å². The van der Waals surface area contributed by atoms with E-state index in [0.29, 0.717) is 0 Å². The summed E-state index contributed by atoms with van der Waals surface area (Å²) in [5.74, 6) is 1.10. The van der Waals surface area contributed by atoms with Crippen molar-refractivity contribution in [3.8, 4) is 0 Å². The number of hydrogen-bond acceptors (Lipinski definition) is 0. The zero-order chi connectivity index (χ0) is 20.7. The molecule has 0 atom stereocenters. The van der Waals surface area contributed by atoms with Crippen LogP contribution >= 0.6 is 0 Å². The van der Waals surface area contributed by atoms with E-state index in [-0.39, 0.29) is 0 Å². The van der Waals surface area contributed by atoms with Crippen molar-refractivity contribution in [1.29, 1.82) is 0 Å². The predicted molar refractivity (Wildman–Crippen MR) is 134 cm³/mol. The third-order valence-corrected chi connectivity index (χ3v) is 7.34. The van der Waals surface area contributed by atoms with E-state index in [0.717, 1.165) is 12.3 Å². The second-order valence-electron chi connectivity index (χ2n) is 10.2. The lowest BCUT2D eigenvalue weighted by atomic mass is 9.85. The quantitative estimate of drug-likeness (QED) is 0.157. The Balaban J connectivity index is 1.63. The largest absolute Gasteiger partial charge is 0.0533 e. The molecule has 0 heterocycles. The topological polar surface area (TPSA) is 0 Å². The van der Waals surface area contributed by atoms with Gasteiger partial charge in [0.1, 0.15) is 0 Å². The summed E-state index contributed by atoms with van der Waals surface area (Å²) in [6.45, 7) is 3.92. The van der Waals surface area contributed by atoms with Gasteiger partial charge < -0.3 is 0 Å². The number of rotatable bonds is 22. The van der Waals surface area contributed by atoms with Gasteiger partial charge in [-0.25, -0.2) is 0 Å². The molecule has 0 aromatic carbocycles. The van der Waals surface area contributed by atoms with Crippen LogP contribution in [0.4, 0.5) is 0 Å². The maximum absolute atomic E-state index is 3.92. The molecule has 0 nitrogen and oxygen atoms in total. The second kappa shape index (κ2) is 22.7. The lowest BCUT2D eigenvalue weighted by molar-refractivity contribution is 0.328. The molecule has 0 bridgehead atoms. The molecule has 0 spiro atoms. The molecule has 29 heavy (non-hydrogen) atoms. The molecule has 0 heteroatoms. The van der Waals surface area contributed by atoms with Crippen LogP contribution in [0.25, 0.3) is 0 Å². The Labute approximate surface area is 186 Å². The van der Waals surface area contributed by atoms with Crippen LogP contribution in [0.1, 0.15) is 173 Å². The van der Waals surface area contributed by atoms with Crippen LogP contribution in [0.5, 0.6) is 0 Å². The molecule has 0 saturated heterocycles. The molecule has 0 N–H and O–H groups in total. The highest BCUT2D eigenvalue weighted by atomic mass is 14.2. The Bertz CT molecular complexity index is 288. The Kier molecular flexibility index (Phi) is 21.1. The van der Waals surface area contributed by atoms with E-state index < -0.39 is 0 Å². The van der Waals surface area contributed by atoms with Crippen molar-refractivity contribution < 1.29 is 0 Å². The molecule has 1 rings (SSSR count). The van der Waals surface area contributed by atoms with Gasteiger partial charge in [-0.2, -0.15) is 0 Å². The molecule has 0 aromatic rings. The van der Waals surface area contributed by atoms with Gasteiger partial charge in [0.2, 0.25) is 0 Å². The maximum Gasteiger partial charge on any atom is -0.0414 e. The third kappa shape index (κ3) is 19.7. The predicted octanol–water partition coefficient (Wildman–Crippen LogP) is 11.0. The summed E-state index contributed by atoms with van der Waals surface area (Å²) in [6.07, 6.45) is 39.8. The Morgan fingerprint density at radius 2 is 0.690 bits per heavy atom. The molecule has 1 aliphatic carbocycles.